The van der Waals surface area contributed by atoms with Crippen molar-refractivity contribution in [3.05, 3.63) is 53.1 Å². The molecule has 2 aromatic carbocycles. The maximum absolute atomic E-state index is 13.1. The first-order valence-corrected chi connectivity index (χ1v) is 12.3. The second-order valence-electron chi connectivity index (χ2n) is 6.88. The van der Waals surface area contributed by atoms with Crippen molar-refractivity contribution in [2.75, 3.05) is 38.7 Å². The van der Waals surface area contributed by atoms with Gasteiger partial charge in [-0.15, -0.1) is 0 Å². The summed E-state index contributed by atoms with van der Waals surface area (Å²) in [6.45, 7) is 1.25. The molecule has 32 heavy (non-hydrogen) atoms. The molecule has 0 unspecified atom stereocenters. The summed E-state index contributed by atoms with van der Waals surface area (Å²) in [6.07, 6.45) is 2.86. The molecule has 0 aliphatic carbocycles. The molecule has 1 aliphatic rings. The molecule has 0 bridgehead atoms. The van der Waals surface area contributed by atoms with Crippen molar-refractivity contribution in [2.45, 2.75) is 4.90 Å². The Kier molecular flexibility index (Phi) is 6.77. The zero-order valence-electron chi connectivity index (χ0n) is 17.1. The highest BCUT2D eigenvalue weighted by Gasteiger charge is 2.29. The molecule has 1 aromatic heterocycles. The zero-order chi connectivity index (χ0) is 22.7. The number of amides is 1. The molecule has 1 saturated heterocycles. The minimum Gasteiger partial charge on any atom is -0.495 e. The monoisotopic (exact) mass is 493 g/mol. The molecular formula is C21H20ClN3O5S2. The van der Waals surface area contributed by atoms with Crippen LogP contribution in [0.2, 0.25) is 5.02 Å². The quantitative estimate of drug-likeness (QED) is 0.526. The number of methoxy groups -OCH3 is 1. The lowest BCUT2D eigenvalue weighted by Gasteiger charge is -2.26. The van der Waals surface area contributed by atoms with Gasteiger partial charge in [0.15, 0.2) is 5.13 Å². The number of carbonyl (C=O) groups excluding carboxylic acids is 1. The molecule has 0 saturated carbocycles. The summed E-state index contributed by atoms with van der Waals surface area (Å²) in [6, 6.07) is 10.1. The normalized spacial score (nSPS) is 15.3. The van der Waals surface area contributed by atoms with Crippen LogP contribution in [0.1, 0.15) is 5.56 Å². The number of fused-ring (bicyclic) bond motifs is 1. The first-order chi connectivity index (χ1) is 15.4. The standard InChI is InChI=1S/C21H20ClN3O5S2/c1-29-17-6-2-14(12-19(17)32(27,28)25-8-10-30-11-9-25)3-7-20(26)24-21-23-16-5-4-15(22)13-18(16)31-21/h2-7,12-13H,8-11H2,1H3,(H,23,24,26)/b7-3+. The van der Waals surface area contributed by atoms with E-state index in [1.165, 1.54) is 41.0 Å². The largest absolute Gasteiger partial charge is 0.495 e. The van der Waals surface area contributed by atoms with Crippen LogP contribution in [0.25, 0.3) is 16.3 Å². The highest BCUT2D eigenvalue weighted by molar-refractivity contribution is 7.89. The molecule has 1 fully saturated rings. The fourth-order valence-electron chi connectivity index (χ4n) is 3.20. The SMILES string of the molecule is COc1ccc(/C=C/C(=O)Nc2nc3ccc(Cl)cc3s2)cc1S(=O)(=O)N1CCOCC1. The number of ether oxygens (including phenoxy) is 2. The fourth-order valence-corrected chi connectivity index (χ4v) is 5.94. The average Bonchev–Trinajstić information content (AvgIpc) is 3.19. The summed E-state index contributed by atoms with van der Waals surface area (Å²) < 4.78 is 38.9. The lowest BCUT2D eigenvalue weighted by molar-refractivity contribution is -0.111. The number of sulfonamides is 1. The molecule has 1 amide bonds. The van der Waals surface area contributed by atoms with Gasteiger partial charge >= 0.3 is 0 Å². The minimum absolute atomic E-state index is 0.0486. The molecule has 4 rings (SSSR count). The van der Waals surface area contributed by atoms with Crippen molar-refractivity contribution in [2.24, 2.45) is 0 Å². The van der Waals surface area contributed by atoms with Crippen molar-refractivity contribution in [3.8, 4) is 5.75 Å². The van der Waals surface area contributed by atoms with E-state index in [-0.39, 0.29) is 29.6 Å². The van der Waals surface area contributed by atoms with E-state index in [4.69, 9.17) is 21.1 Å². The molecule has 11 heteroatoms. The van der Waals surface area contributed by atoms with Crippen LogP contribution in [0.5, 0.6) is 5.75 Å². The first-order valence-electron chi connectivity index (χ1n) is 9.68. The predicted octanol–water partition coefficient (Wildman–Crippen LogP) is 3.63. The van der Waals surface area contributed by atoms with Crippen LogP contribution < -0.4 is 10.1 Å². The zero-order valence-corrected chi connectivity index (χ0v) is 19.5. The summed E-state index contributed by atoms with van der Waals surface area (Å²) in [4.78, 5) is 16.8. The third-order valence-electron chi connectivity index (χ3n) is 4.78. The van der Waals surface area contributed by atoms with E-state index in [1.54, 1.807) is 30.3 Å². The molecule has 0 radical (unpaired) electrons. The highest BCUT2D eigenvalue weighted by atomic mass is 35.5. The van der Waals surface area contributed by atoms with E-state index in [2.05, 4.69) is 10.3 Å². The number of nitrogens with zero attached hydrogens (tertiary/aromatic N) is 2. The van der Waals surface area contributed by atoms with Gasteiger partial charge in [0.05, 0.1) is 30.5 Å². The first kappa shape index (κ1) is 22.7. The molecule has 1 aliphatic heterocycles. The Morgan fingerprint density at radius 3 is 2.78 bits per heavy atom. The van der Waals surface area contributed by atoms with E-state index in [9.17, 15) is 13.2 Å². The molecule has 2 heterocycles. The second-order valence-corrected chi connectivity index (χ2v) is 10.3. The van der Waals surface area contributed by atoms with Gasteiger partial charge in [0.2, 0.25) is 15.9 Å². The van der Waals surface area contributed by atoms with Gasteiger partial charge in [-0.2, -0.15) is 4.31 Å². The Bertz CT molecular complexity index is 1280. The van der Waals surface area contributed by atoms with Crippen LogP contribution in [0.15, 0.2) is 47.4 Å². The van der Waals surface area contributed by atoms with Crippen LogP contribution in [-0.4, -0.2) is 57.0 Å². The van der Waals surface area contributed by atoms with E-state index in [0.717, 1.165) is 10.2 Å². The topological polar surface area (TPSA) is 97.8 Å². The number of benzene rings is 2. The van der Waals surface area contributed by atoms with E-state index < -0.39 is 10.0 Å². The van der Waals surface area contributed by atoms with Gasteiger partial charge in [-0.3, -0.25) is 10.1 Å². The molecule has 0 spiro atoms. The summed E-state index contributed by atoms with van der Waals surface area (Å²) in [5, 5.41) is 3.76. The minimum atomic E-state index is -3.76. The van der Waals surface area contributed by atoms with Gasteiger partial charge in [0.1, 0.15) is 10.6 Å². The van der Waals surface area contributed by atoms with Gasteiger partial charge in [0.25, 0.3) is 0 Å². The van der Waals surface area contributed by atoms with Crippen LogP contribution in [0.3, 0.4) is 0 Å². The van der Waals surface area contributed by atoms with Crippen LogP contribution in [0, 0.1) is 0 Å². The number of carbonyl (C=O) groups is 1. The van der Waals surface area contributed by atoms with Gasteiger partial charge in [-0.1, -0.05) is 29.0 Å². The number of hydrogen-bond acceptors (Lipinski definition) is 7. The van der Waals surface area contributed by atoms with Gasteiger partial charge < -0.3 is 9.47 Å². The number of anilines is 1. The summed E-state index contributed by atoms with van der Waals surface area (Å²) >= 11 is 7.30. The third-order valence-corrected chi connectivity index (χ3v) is 7.87. The predicted molar refractivity (Wildman–Crippen MR) is 125 cm³/mol. The number of aromatic nitrogens is 1. The van der Waals surface area contributed by atoms with Crippen molar-refractivity contribution >= 4 is 60.3 Å². The number of thiazole rings is 1. The van der Waals surface area contributed by atoms with Crippen LogP contribution in [-0.2, 0) is 19.6 Å². The third kappa shape index (κ3) is 4.94. The van der Waals surface area contributed by atoms with Crippen molar-refractivity contribution in [1.82, 2.24) is 9.29 Å². The van der Waals surface area contributed by atoms with Gasteiger partial charge in [0, 0.05) is 24.2 Å². The average molecular weight is 494 g/mol. The maximum Gasteiger partial charge on any atom is 0.250 e. The van der Waals surface area contributed by atoms with Crippen LogP contribution >= 0.6 is 22.9 Å². The molecule has 0 atom stereocenters. The van der Waals surface area contributed by atoms with E-state index >= 15 is 0 Å². The van der Waals surface area contributed by atoms with Gasteiger partial charge in [-0.05, 0) is 42.0 Å². The Morgan fingerprint density at radius 1 is 1.25 bits per heavy atom. The molecule has 8 nitrogen and oxygen atoms in total. The molecular weight excluding hydrogens is 474 g/mol. The smallest absolute Gasteiger partial charge is 0.250 e. The van der Waals surface area contributed by atoms with Crippen molar-refractivity contribution in [1.29, 1.82) is 0 Å². The molecule has 168 valence electrons. The highest BCUT2D eigenvalue weighted by Crippen LogP contribution is 2.30. The lowest BCUT2D eigenvalue weighted by atomic mass is 10.2. The number of morpholine rings is 1. The number of hydrogen-bond donors (Lipinski definition) is 1. The van der Waals surface area contributed by atoms with Gasteiger partial charge in [-0.25, -0.2) is 13.4 Å². The number of halogens is 1. The Balaban J connectivity index is 1.52. The summed E-state index contributed by atoms with van der Waals surface area (Å²) in [5.41, 5.74) is 1.29. The Hall–Kier alpha value is -2.50. The maximum atomic E-state index is 13.1. The van der Waals surface area contributed by atoms with E-state index in [0.29, 0.717) is 28.9 Å². The van der Waals surface area contributed by atoms with Crippen molar-refractivity contribution in [3.63, 3.8) is 0 Å². The fraction of sp³-hybridized carbons (Fsp3) is 0.238. The number of nitrogens with one attached hydrogen (secondary N) is 1. The van der Waals surface area contributed by atoms with Crippen molar-refractivity contribution < 1.29 is 22.7 Å². The molecule has 3 aromatic rings. The summed E-state index contributed by atoms with van der Waals surface area (Å²) in [7, 11) is -2.34. The lowest BCUT2D eigenvalue weighted by Crippen LogP contribution is -2.40. The van der Waals surface area contributed by atoms with E-state index in [1.807, 2.05) is 0 Å². The number of rotatable bonds is 6. The Labute approximate surface area is 194 Å². The molecule has 1 N–H and O–H groups in total. The summed E-state index contributed by atoms with van der Waals surface area (Å²) in [5.74, 6) is -0.144. The Morgan fingerprint density at radius 2 is 2.03 bits per heavy atom. The van der Waals surface area contributed by atoms with Crippen LogP contribution in [0.4, 0.5) is 5.13 Å². The second kappa shape index (κ2) is 9.55.